The number of carbonyl (C=O) groups excluding carboxylic acids is 1. The molecule has 0 radical (unpaired) electrons. The van der Waals surface area contributed by atoms with Gasteiger partial charge in [-0.05, 0) is 54.6 Å². The fourth-order valence-corrected chi connectivity index (χ4v) is 3.84. The predicted octanol–water partition coefficient (Wildman–Crippen LogP) is 4.70. The summed E-state index contributed by atoms with van der Waals surface area (Å²) in [4.78, 5) is 12.5. The van der Waals surface area contributed by atoms with Crippen LogP contribution >= 0.6 is 11.6 Å². The molecule has 29 heavy (non-hydrogen) atoms. The zero-order valence-corrected chi connectivity index (χ0v) is 16.6. The molecule has 0 saturated heterocycles. The Kier molecular flexibility index (Phi) is 5.86. The van der Waals surface area contributed by atoms with Gasteiger partial charge in [-0.2, -0.15) is 0 Å². The van der Waals surface area contributed by atoms with Crippen molar-refractivity contribution in [1.82, 2.24) is 0 Å². The monoisotopic (exact) mass is 436 g/mol. The average Bonchev–Trinajstić information content (AvgIpc) is 2.70. The highest BCUT2D eigenvalue weighted by molar-refractivity contribution is 7.92. The number of benzene rings is 3. The van der Waals surface area contributed by atoms with Crippen molar-refractivity contribution in [2.24, 2.45) is 0 Å². The van der Waals surface area contributed by atoms with Gasteiger partial charge in [-0.3, -0.25) is 9.10 Å². The fraction of sp³-hybridized carbons (Fsp3) is 0.0500. The van der Waals surface area contributed by atoms with Gasteiger partial charge in [0.2, 0.25) is 0 Å². The molecule has 0 spiro atoms. The van der Waals surface area contributed by atoms with Crippen molar-refractivity contribution in [2.45, 2.75) is 4.90 Å². The van der Waals surface area contributed by atoms with Crippen molar-refractivity contribution >= 4 is 38.9 Å². The third kappa shape index (κ3) is 4.55. The summed E-state index contributed by atoms with van der Waals surface area (Å²) in [5.41, 5.74) is 0.463. The Morgan fingerprint density at radius 1 is 0.966 bits per heavy atom. The highest BCUT2D eigenvalue weighted by Gasteiger charge is 2.22. The molecular formula is C20H15ClF2N2O3S. The number of nitrogens with one attached hydrogen (secondary N) is 1. The van der Waals surface area contributed by atoms with Crippen LogP contribution in [0.2, 0.25) is 5.02 Å². The zero-order chi connectivity index (χ0) is 21.2. The van der Waals surface area contributed by atoms with Gasteiger partial charge in [0.05, 0.1) is 10.6 Å². The van der Waals surface area contributed by atoms with Crippen LogP contribution in [0.15, 0.2) is 71.6 Å². The van der Waals surface area contributed by atoms with Crippen LogP contribution < -0.4 is 9.62 Å². The molecular weight excluding hydrogens is 422 g/mol. The Morgan fingerprint density at radius 2 is 1.66 bits per heavy atom. The van der Waals surface area contributed by atoms with E-state index in [-0.39, 0.29) is 21.8 Å². The zero-order valence-electron chi connectivity index (χ0n) is 15.1. The normalized spacial score (nSPS) is 11.2. The van der Waals surface area contributed by atoms with Crippen LogP contribution in [0.25, 0.3) is 0 Å². The molecule has 0 fully saturated rings. The lowest BCUT2D eigenvalue weighted by Gasteiger charge is -2.20. The summed E-state index contributed by atoms with van der Waals surface area (Å²) in [5, 5.41) is 2.85. The van der Waals surface area contributed by atoms with Crippen LogP contribution in [0.1, 0.15) is 10.4 Å². The SMILES string of the molecule is CN(c1cccc(C(=O)Nc2ccc(F)c(F)c2)c1)S(=O)(=O)c1ccc(Cl)cc1. The molecule has 150 valence electrons. The smallest absolute Gasteiger partial charge is 0.264 e. The molecule has 9 heteroatoms. The third-order valence-electron chi connectivity index (χ3n) is 4.12. The van der Waals surface area contributed by atoms with Crippen molar-refractivity contribution in [2.75, 3.05) is 16.7 Å². The Morgan fingerprint density at radius 3 is 2.31 bits per heavy atom. The quantitative estimate of drug-likeness (QED) is 0.630. The Bertz CT molecular complexity index is 1170. The molecule has 3 aromatic rings. The summed E-state index contributed by atoms with van der Waals surface area (Å²) < 4.78 is 52.9. The van der Waals surface area contributed by atoms with E-state index in [9.17, 15) is 22.0 Å². The van der Waals surface area contributed by atoms with E-state index in [1.807, 2.05) is 0 Å². The van der Waals surface area contributed by atoms with Gasteiger partial charge in [-0.25, -0.2) is 17.2 Å². The summed E-state index contributed by atoms with van der Waals surface area (Å²) in [6, 6.07) is 14.6. The van der Waals surface area contributed by atoms with Crippen LogP contribution in [0.4, 0.5) is 20.2 Å². The lowest BCUT2D eigenvalue weighted by Crippen LogP contribution is -2.26. The molecule has 0 aliphatic carbocycles. The molecule has 3 aromatic carbocycles. The Balaban J connectivity index is 1.85. The molecule has 0 saturated carbocycles. The van der Waals surface area contributed by atoms with E-state index in [1.165, 1.54) is 61.6 Å². The van der Waals surface area contributed by atoms with Crippen LogP contribution in [0.5, 0.6) is 0 Å². The number of halogens is 3. The summed E-state index contributed by atoms with van der Waals surface area (Å²) in [5.74, 6) is -2.72. The van der Waals surface area contributed by atoms with Crippen molar-refractivity contribution in [3.63, 3.8) is 0 Å². The molecule has 0 bridgehead atoms. The topological polar surface area (TPSA) is 66.5 Å². The van der Waals surface area contributed by atoms with Gasteiger partial charge in [0.1, 0.15) is 0 Å². The van der Waals surface area contributed by atoms with E-state index in [0.717, 1.165) is 16.4 Å². The highest BCUT2D eigenvalue weighted by atomic mass is 35.5. The van der Waals surface area contributed by atoms with Crippen LogP contribution in [0.3, 0.4) is 0 Å². The van der Waals surface area contributed by atoms with E-state index in [1.54, 1.807) is 0 Å². The van der Waals surface area contributed by atoms with E-state index in [0.29, 0.717) is 5.02 Å². The number of sulfonamides is 1. The molecule has 3 rings (SSSR count). The second kappa shape index (κ2) is 8.18. The average molecular weight is 437 g/mol. The minimum absolute atomic E-state index is 0.0426. The van der Waals surface area contributed by atoms with Crippen LogP contribution in [-0.2, 0) is 10.0 Å². The molecule has 1 N–H and O–H groups in total. The maximum Gasteiger partial charge on any atom is 0.264 e. The summed E-state index contributed by atoms with van der Waals surface area (Å²) in [6.07, 6.45) is 0. The first kappa shape index (κ1) is 20.8. The largest absolute Gasteiger partial charge is 0.322 e. The molecule has 1 amide bonds. The van der Waals surface area contributed by atoms with E-state index in [4.69, 9.17) is 11.6 Å². The number of hydrogen-bond acceptors (Lipinski definition) is 3. The van der Waals surface area contributed by atoms with Gasteiger partial charge >= 0.3 is 0 Å². The molecule has 0 aliphatic rings. The standard InChI is InChI=1S/C20H15ClF2N2O3S/c1-25(29(27,28)17-8-5-14(21)6-9-17)16-4-2-3-13(11-16)20(26)24-15-7-10-18(22)19(23)12-15/h2-12H,1H3,(H,24,26). The second-order valence-electron chi connectivity index (χ2n) is 6.06. The first-order valence-electron chi connectivity index (χ1n) is 8.29. The van der Waals surface area contributed by atoms with E-state index >= 15 is 0 Å². The minimum atomic E-state index is -3.87. The Hall–Kier alpha value is -2.97. The second-order valence-corrected chi connectivity index (χ2v) is 8.47. The molecule has 5 nitrogen and oxygen atoms in total. The maximum absolute atomic E-state index is 13.3. The predicted molar refractivity (Wildman–Crippen MR) is 108 cm³/mol. The maximum atomic E-state index is 13.3. The van der Waals surface area contributed by atoms with E-state index < -0.39 is 27.6 Å². The molecule has 0 unspecified atom stereocenters. The third-order valence-corrected chi connectivity index (χ3v) is 6.17. The summed E-state index contributed by atoms with van der Waals surface area (Å²) in [7, 11) is -2.51. The Labute approximate surface area is 171 Å². The molecule has 0 aromatic heterocycles. The van der Waals surface area contributed by atoms with Crippen molar-refractivity contribution < 1.29 is 22.0 Å². The lowest BCUT2D eigenvalue weighted by atomic mass is 10.2. The highest BCUT2D eigenvalue weighted by Crippen LogP contribution is 2.24. The van der Waals surface area contributed by atoms with E-state index in [2.05, 4.69) is 5.32 Å². The van der Waals surface area contributed by atoms with Crippen LogP contribution in [-0.4, -0.2) is 21.4 Å². The number of carbonyl (C=O) groups is 1. The molecule has 0 heterocycles. The number of amides is 1. The number of nitrogens with zero attached hydrogens (tertiary/aromatic N) is 1. The number of anilines is 2. The minimum Gasteiger partial charge on any atom is -0.322 e. The van der Waals surface area contributed by atoms with Gasteiger partial charge in [0.15, 0.2) is 11.6 Å². The summed E-state index contributed by atoms with van der Waals surface area (Å²) >= 11 is 5.80. The van der Waals surface area contributed by atoms with Gasteiger partial charge in [0, 0.05) is 29.4 Å². The van der Waals surface area contributed by atoms with Crippen molar-refractivity contribution in [3.8, 4) is 0 Å². The fourth-order valence-electron chi connectivity index (χ4n) is 2.52. The first-order valence-corrected chi connectivity index (χ1v) is 10.1. The molecule has 0 atom stereocenters. The van der Waals surface area contributed by atoms with Crippen LogP contribution in [0, 0.1) is 11.6 Å². The number of rotatable bonds is 5. The number of hydrogen-bond donors (Lipinski definition) is 1. The van der Waals surface area contributed by atoms with Gasteiger partial charge in [-0.15, -0.1) is 0 Å². The van der Waals surface area contributed by atoms with Gasteiger partial charge < -0.3 is 5.32 Å². The van der Waals surface area contributed by atoms with Crippen molar-refractivity contribution in [1.29, 1.82) is 0 Å². The summed E-state index contributed by atoms with van der Waals surface area (Å²) in [6.45, 7) is 0. The first-order chi connectivity index (χ1) is 13.7. The van der Waals surface area contributed by atoms with Gasteiger partial charge in [-0.1, -0.05) is 17.7 Å². The van der Waals surface area contributed by atoms with Gasteiger partial charge in [0.25, 0.3) is 15.9 Å². The van der Waals surface area contributed by atoms with Crippen molar-refractivity contribution in [3.05, 3.63) is 89.0 Å². The lowest BCUT2D eigenvalue weighted by molar-refractivity contribution is 0.102. The molecule has 0 aliphatic heterocycles.